The average molecular weight is 279 g/mol. The number of nitrogens with zero attached hydrogens (tertiary/aromatic N) is 2. The standard InChI is InChI=1S/C15H22FN3O/c1-2-7-17-14-13(10-12(16)11-18-14)15(20)19-8-5-3-4-6-9-19/h10-11H,2-9H2,1H3,(H,17,18). The predicted octanol–water partition coefficient (Wildman–Crippen LogP) is 3.06. The maximum atomic E-state index is 13.4. The molecule has 1 aliphatic heterocycles. The third-order valence-corrected chi connectivity index (χ3v) is 3.52. The van der Waals surface area contributed by atoms with Gasteiger partial charge in [0.2, 0.25) is 0 Å². The molecule has 2 rings (SSSR count). The minimum atomic E-state index is -0.467. The van der Waals surface area contributed by atoms with E-state index in [0.717, 1.165) is 57.9 Å². The number of nitrogens with one attached hydrogen (secondary N) is 1. The van der Waals surface area contributed by atoms with Gasteiger partial charge >= 0.3 is 0 Å². The van der Waals surface area contributed by atoms with E-state index >= 15 is 0 Å². The quantitative estimate of drug-likeness (QED) is 0.921. The molecule has 0 bridgehead atoms. The van der Waals surface area contributed by atoms with Crippen LogP contribution >= 0.6 is 0 Å². The van der Waals surface area contributed by atoms with Crippen molar-refractivity contribution in [2.75, 3.05) is 25.0 Å². The summed E-state index contributed by atoms with van der Waals surface area (Å²) < 4.78 is 13.4. The van der Waals surface area contributed by atoms with Gasteiger partial charge in [-0.2, -0.15) is 0 Å². The first kappa shape index (κ1) is 14.8. The summed E-state index contributed by atoms with van der Waals surface area (Å²) in [7, 11) is 0. The molecular formula is C15H22FN3O. The summed E-state index contributed by atoms with van der Waals surface area (Å²) in [5, 5.41) is 3.10. The van der Waals surface area contributed by atoms with Gasteiger partial charge in [0, 0.05) is 19.6 Å². The topological polar surface area (TPSA) is 45.2 Å². The fraction of sp³-hybridized carbons (Fsp3) is 0.600. The monoisotopic (exact) mass is 279 g/mol. The highest BCUT2D eigenvalue weighted by Crippen LogP contribution is 2.19. The number of aromatic nitrogens is 1. The van der Waals surface area contributed by atoms with Crippen LogP contribution in [0.4, 0.5) is 10.2 Å². The molecule has 1 saturated heterocycles. The van der Waals surface area contributed by atoms with Crippen LogP contribution in [0.2, 0.25) is 0 Å². The molecule has 1 aromatic rings. The van der Waals surface area contributed by atoms with Gasteiger partial charge in [0.1, 0.15) is 11.6 Å². The van der Waals surface area contributed by atoms with Crippen molar-refractivity contribution in [3.05, 3.63) is 23.6 Å². The van der Waals surface area contributed by atoms with E-state index in [4.69, 9.17) is 0 Å². The summed E-state index contributed by atoms with van der Waals surface area (Å²) in [5.41, 5.74) is 0.348. The van der Waals surface area contributed by atoms with Gasteiger partial charge < -0.3 is 10.2 Å². The van der Waals surface area contributed by atoms with E-state index in [1.807, 2.05) is 11.8 Å². The largest absolute Gasteiger partial charge is 0.369 e. The van der Waals surface area contributed by atoms with Crippen LogP contribution < -0.4 is 5.32 Å². The fourth-order valence-electron chi connectivity index (χ4n) is 2.43. The number of hydrogen-bond acceptors (Lipinski definition) is 3. The number of carbonyl (C=O) groups excluding carboxylic acids is 1. The number of pyridine rings is 1. The van der Waals surface area contributed by atoms with Crippen LogP contribution in [0.5, 0.6) is 0 Å². The van der Waals surface area contributed by atoms with E-state index < -0.39 is 5.82 Å². The van der Waals surface area contributed by atoms with E-state index in [-0.39, 0.29) is 5.91 Å². The van der Waals surface area contributed by atoms with Gasteiger partial charge in [0.05, 0.1) is 11.8 Å². The third kappa shape index (κ3) is 3.68. The number of rotatable bonds is 4. The minimum absolute atomic E-state index is 0.113. The normalized spacial score (nSPS) is 15.8. The number of likely N-dealkylation sites (tertiary alicyclic amines) is 1. The van der Waals surface area contributed by atoms with E-state index in [1.165, 1.54) is 6.07 Å². The summed E-state index contributed by atoms with van der Waals surface area (Å²) in [6.07, 6.45) is 6.43. The van der Waals surface area contributed by atoms with E-state index in [1.54, 1.807) is 0 Å². The maximum absolute atomic E-state index is 13.4. The van der Waals surface area contributed by atoms with Crippen LogP contribution in [0.25, 0.3) is 0 Å². The van der Waals surface area contributed by atoms with Crippen LogP contribution in [-0.4, -0.2) is 35.4 Å². The van der Waals surface area contributed by atoms with Gasteiger partial charge in [-0.3, -0.25) is 4.79 Å². The van der Waals surface area contributed by atoms with Gasteiger partial charge in [-0.05, 0) is 25.3 Å². The Morgan fingerprint density at radius 1 is 1.35 bits per heavy atom. The van der Waals surface area contributed by atoms with E-state index in [0.29, 0.717) is 11.4 Å². The second-order valence-electron chi connectivity index (χ2n) is 5.18. The molecule has 1 N–H and O–H groups in total. The molecule has 0 aromatic carbocycles. The van der Waals surface area contributed by atoms with Crippen molar-refractivity contribution in [3.63, 3.8) is 0 Å². The highest BCUT2D eigenvalue weighted by atomic mass is 19.1. The SMILES string of the molecule is CCCNc1ncc(F)cc1C(=O)N1CCCCCC1. The van der Waals surface area contributed by atoms with Crippen molar-refractivity contribution in [2.24, 2.45) is 0 Å². The average Bonchev–Trinajstić information content (AvgIpc) is 2.74. The van der Waals surface area contributed by atoms with Crippen molar-refractivity contribution in [2.45, 2.75) is 39.0 Å². The van der Waals surface area contributed by atoms with Gasteiger partial charge in [0.25, 0.3) is 5.91 Å². The zero-order valence-electron chi connectivity index (χ0n) is 12.0. The van der Waals surface area contributed by atoms with Crippen LogP contribution in [0.1, 0.15) is 49.4 Å². The molecule has 20 heavy (non-hydrogen) atoms. The first-order chi connectivity index (χ1) is 9.72. The summed E-state index contributed by atoms with van der Waals surface area (Å²) in [5.74, 6) is -0.0924. The third-order valence-electron chi connectivity index (χ3n) is 3.52. The fourth-order valence-corrected chi connectivity index (χ4v) is 2.43. The second kappa shape index (κ2) is 7.22. The van der Waals surface area contributed by atoms with Crippen molar-refractivity contribution in [1.82, 2.24) is 9.88 Å². The molecule has 5 heteroatoms. The van der Waals surface area contributed by atoms with E-state index in [2.05, 4.69) is 10.3 Å². The molecule has 2 heterocycles. The van der Waals surface area contributed by atoms with Crippen LogP contribution in [0.15, 0.2) is 12.3 Å². The molecular weight excluding hydrogens is 257 g/mol. The first-order valence-corrected chi connectivity index (χ1v) is 7.41. The Labute approximate surface area is 119 Å². The lowest BCUT2D eigenvalue weighted by Gasteiger charge is -2.21. The molecule has 0 atom stereocenters. The Balaban J connectivity index is 2.20. The molecule has 0 saturated carbocycles. The Morgan fingerprint density at radius 3 is 2.70 bits per heavy atom. The zero-order valence-corrected chi connectivity index (χ0v) is 12.0. The highest BCUT2D eigenvalue weighted by Gasteiger charge is 2.21. The number of anilines is 1. The van der Waals surface area contributed by atoms with Crippen molar-refractivity contribution in [1.29, 1.82) is 0 Å². The maximum Gasteiger partial charge on any atom is 0.257 e. The molecule has 0 spiro atoms. The summed E-state index contributed by atoms with van der Waals surface area (Å²) in [4.78, 5) is 18.4. The molecule has 0 radical (unpaired) electrons. The van der Waals surface area contributed by atoms with Gasteiger partial charge in [-0.25, -0.2) is 9.37 Å². The molecule has 110 valence electrons. The number of amides is 1. The Kier molecular flexibility index (Phi) is 5.32. The molecule has 1 aromatic heterocycles. The highest BCUT2D eigenvalue weighted by molar-refractivity contribution is 5.98. The lowest BCUT2D eigenvalue weighted by Crippen LogP contribution is -2.32. The zero-order chi connectivity index (χ0) is 14.4. The molecule has 1 fully saturated rings. The second-order valence-corrected chi connectivity index (χ2v) is 5.18. The van der Waals surface area contributed by atoms with Gasteiger partial charge in [0.15, 0.2) is 0 Å². The lowest BCUT2D eigenvalue weighted by molar-refractivity contribution is 0.0761. The van der Waals surface area contributed by atoms with Crippen LogP contribution in [0, 0.1) is 5.82 Å². The van der Waals surface area contributed by atoms with E-state index in [9.17, 15) is 9.18 Å². The summed E-state index contributed by atoms with van der Waals surface area (Å²) >= 11 is 0. The molecule has 0 unspecified atom stereocenters. The van der Waals surface area contributed by atoms with Crippen LogP contribution in [-0.2, 0) is 0 Å². The number of carbonyl (C=O) groups is 1. The Hall–Kier alpha value is -1.65. The van der Waals surface area contributed by atoms with Gasteiger partial charge in [-0.15, -0.1) is 0 Å². The van der Waals surface area contributed by atoms with Crippen molar-refractivity contribution in [3.8, 4) is 0 Å². The Bertz CT molecular complexity index is 456. The number of hydrogen-bond donors (Lipinski definition) is 1. The molecule has 0 aliphatic carbocycles. The number of halogens is 1. The van der Waals surface area contributed by atoms with Crippen molar-refractivity contribution >= 4 is 11.7 Å². The Morgan fingerprint density at radius 2 is 2.05 bits per heavy atom. The summed E-state index contributed by atoms with van der Waals surface area (Å²) in [6, 6.07) is 1.29. The van der Waals surface area contributed by atoms with Crippen molar-refractivity contribution < 1.29 is 9.18 Å². The summed E-state index contributed by atoms with van der Waals surface area (Å²) in [6.45, 7) is 4.26. The lowest BCUT2D eigenvalue weighted by atomic mass is 10.2. The molecule has 1 aliphatic rings. The van der Waals surface area contributed by atoms with Gasteiger partial charge in [-0.1, -0.05) is 19.8 Å². The predicted molar refractivity (Wildman–Crippen MR) is 77.3 cm³/mol. The smallest absolute Gasteiger partial charge is 0.257 e. The molecule has 4 nitrogen and oxygen atoms in total. The van der Waals surface area contributed by atoms with Crippen LogP contribution in [0.3, 0.4) is 0 Å². The minimum Gasteiger partial charge on any atom is -0.369 e. The first-order valence-electron chi connectivity index (χ1n) is 7.41. The molecule has 1 amide bonds.